The molecule has 0 unspecified atom stereocenters. The van der Waals surface area contributed by atoms with E-state index in [1.807, 2.05) is 41.1 Å². The number of amides is 1. The first kappa shape index (κ1) is 16.7. The summed E-state index contributed by atoms with van der Waals surface area (Å²) in [4.78, 5) is 25.1. The molecule has 5 nitrogen and oxygen atoms in total. The molecule has 0 aliphatic carbocycles. The number of ketones is 1. The van der Waals surface area contributed by atoms with Crippen molar-refractivity contribution in [2.45, 2.75) is 13.5 Å². The van der Waals surface area contributed by atoms with Gasteiger partial charge in [-0.15, -0.1) is 0 Å². The smallest absolute Gasteiger partial charge is 0.297 e. The molecule has 0 radical (unpaired) electrons. The van der Waals surface area contributed by atoms with Crippen molar-refractivity contribution in [1.82, 2.24) is 8.94 Å². The van der Waals surface area contributed by atoms with Crippen molar-refractivity contribution in [2.24, 2.45) is 0 Å². The summed E-state index contributed by atoms with van der Waals surface area (Å²) in [7, 11) is 0. The molecule has 130 valence electrons. The third kappa shape index (κ3) is 3.18. The van der Waals surface area contributed by atoms with Gasteiger partial charge in [0.05, 0.1) is 11.3 Å². The molecule has 4 rings (SSSR count). The van der Waals surface area contributed by atoms with E-state index in [0.717, 1.165) is 28.1 Å². The molecule has 1 amide bonds. The predicted molar refractivity (Wildman–Crippen MR) is 105 cm³/mol. The zero-order chi connectivity index (χ0) is 18.1. The lowest BCUT2D eigenvalue weighted by atomic mass is 10.1. The van der Waals surface area contributed by atoms with Gasteiger partial charge < -0.3 is 9.88 Å². The van der Waals surface area contributed by atoms with Crippen LogP contribution in [0.3, 0.4) is 0 Å². The second-order valence-electron chi connectivity index (χ2n) is 5.94. The molecule has 3 aromatic heterocycles. The Kier molecular flexibility index (Phi) is 4.40. The topological polar surface area (TPSA) is 64.0 Å². The molecule has 0 aliphatic rings. The largest absolute Gasteiger partial charge is 0.342 e. The van der Waals surface area contributed by atoms with Crippen LogP contribution >= 0.6 is 22.9 Å². The zero-order valence-corrected chi connectivity index (χ0v) is 15.6. The lowest BCUT2D eigenvalue weighted by molar-refractivity contribution is -0.112. The van der Waals surface area contributed by atoms with Crippen LogP contribution in [0.15, 0.2) is 53.4 Å². The number of rotatable bonds is 5. The Labute approximate surface area is 158 Å². The summed E-state index contributed by atoms with van der Waals surface area (Å²) in [6, 6.07) is 11.4. The third-order valence-electron chi connectivity index (χ3n) is 4.04. The fourth-order valence-corrected chi connectivity index (χ4v) is 4.17. The van der Waals surface area contributed by atoms with Gasteiger partial charge in [-0.1, -0.05) is 18.2 Å². The van der Waals surface area contributed by atoms with E-state index in [4.69, 9.17) is 0 Å². The summed E-state index contributed by atoms with van der Waals surface area (Å²) < 4.78 is 6.12. The minimum Gasteiger partial charge on any atom is -0.342 e. The van der Waals surface area contributed by atoms with Gasteiger partial charge in [0.15, 0.2) is 0 Å². The van der Waals surface area contributed by atoms with E-state index in [9.17, 15) is 9.59 Å². The van der Waals surface area contributed by atoms with Crippen LogP contribution in [0, 0.1) is 6.92 Å². The average molecular weight is 381 g/mol. The Hall–Kier alpha value is -2.77. The van der Waals surface area contributed by atoms with Crippen LogP contribution in [0.1, 0.15) is 21.6 Å². The van der Waals surface area contributed by atoms with Crippen molar-refractivity contribution >= 4 is 50.5 Å². The summed E-state index contributed by atoms with van der Waals surface area (Å²) in [5, 5.41) is 8.10. The number of anilines is 1. The molecule has 4 aromatic rings. The van der Waals surface area contributed by atoms with Gasteiger partial charge in [0.1, 0.15) is 5.00 Å². The van der Waals surface area contributed by atoms with E-state index in [0.29, 0.717) is 17.1 Å². The van der Waals surface area contributed by atoms with Crippen LogP contribution in [-0.2, 0) is 11.3 Å². The highest BCUT2D eigenvalue weighted by atomic mass is 32.1. The van der Waals surface area contributed by atoms with Gasteiger partial charge in [-0.2, -0.15) is 15.7 Å². The standard InChI is InChI=1S/C19H15N3O2S2/c1-12-8-17(26-21-12)20-19(24)18(23)15-10-22(9-13-6-7-25-11-13)16-5-3-2-4-14(15)16/h2-8,10-11H,9H2,1H3,(H,20,24). The lowest BCUT2D eigenvalue weighted by Crippen LogP contribution is -2.22. The molecule has 7 heteroatoms. The van der Waals surface area contributed by atoms with Crippen molar-refractivity contribution in [3.8, 4) is 0 Å². The Morgan fingerprint density at radius 3 is 2.81 bits per heavy atom. The molecular formula is C19H15N3O2S2. The van der Waals surface area contributed by atoms with Crippen LogP contribution < -0.4 is 5.32 Å². The fourth-order valence-electron chi connectivity index (χ4n) is 2.85. The highest BCUT2D eigenvalue weighted by molar-refractivity contribution is 7.10. The molecule has 0 fully saturated rings. The molecular weight excluding hydrogens is 366 g/mol. The fraction of sp³-hybridized carbons (Fsp3) is 0.105. The van der Waals surface area contributed by atoms with E-state index < -0.39 is 11.7 Å². The lowest BCUT2D eigenvalue weighted by Gasteiger charge is -2.02. The summed E-state index contributed by atoms with van der Waals surface area (Å²) in [6.45, 7) is 2.50. The molecule has 0 aliphatic heterocycles. The highest BCUT2D eigenvalue weighted by Gasteiger charge is 2.22. The molecule has 26 heavy (non-hydrogen) atoms. The van der Waals surface area contributed by atoms with E-state index >= 15 is 0 Å². The molecule has 0 spiro atoms. The van der Waals surface area contributed by atoms with Gasteiger partial charge >= 0.3 is 0 Å². The van der Waals surface area contributed by atoms with E-state index in [1.54, 1.807) is 23.6 Å². The first-order chi connectivity index (χ1) is 12.6. The monoisotopic (exact) mass is 381 g/mol. The number of carbonyl (C=O) groups excluding carboxylic acids is 2. The van der Waals surface area contributed by atoms with Crippen molar-refractivity contribution in [3.63, 3.8) is 0 Å². The van der Waals surface area contributed by atoms with Gasteiger partial charge in [0.25, 0.3) is 11.7 Å². The van der Waals surface area contributed by atoms with Gasteiger partial charge in [0, 0.05) is 23.6 Å². The number of nitrogens with one attached hydrogen (secondary N) is 1. The maximum absolute atomic E-state index is 12.7. The van der Waals surface area contributed by atoms with Gasteiger partial charge in [-0.25, -0.2) is 0 Å². The SMILES string of the molecule is Cc1cc(NC(=O)C(=O)c2cn(Cc3ccsc3)c3ccccc23)sn1. The molecule has 1 N–H and O–H groups in total. The maximum Gasteiger partial charge on any atom is 0.297 e. The van der Waals surface area contributed by atoms with Crippen molar-refractivity contribution in [1.29, 1.82) is 0 Å². The number of hydrogen-bond acceptors (Lipinski definition) is 5. The Bertz CT molecular complexity index is 1090. The van der Waals surface area contributed by atoms with E-state index in [-0.39, 0.29) is 0 Å². The number of Topliss-reactive ketones (excluding diaryl/α,β-unsaturated/α-hetero) is 1. The highest BCUT2D eigenvalue weighted by Crippen LogP contribution is 2.24. The van der Waals surface area contributed by atoms with Crippen LogP contribution in [0.4, 0.5) is 5.00 Å². The Morgan fingerprint density at radius 1 is 1.23 bits per heavy atom. The van der Waals surface area contributed by atoms with Gasteiger partial charge in [-0.3, -0.25) is 9.59 Å². The van der Waals surface area contributed by atoms with Crippen LogP contribution in [0.25, 0.3) is 10.9 Å². The number of para-hydroxylation sites is 1. The Balaban J connectivity index is 1.67. The van der Waals surface area contributed by atoms with Crippen LogP contribution in [-0.4, -0.2) is 20.6 Å². The first-order valence-electron chi connectivity index (χ1n) is 8.00. The summed E-state index contributed by atoms with van der Waals surface area (Å²) >= 11 is 2.80. The number of fused-ring (bicyclic) bond motifs is 1. The molecule has 0 saturated carbocycles. The predicted octanol–water partition coefficient (Wildman–Crippen LogP) is 4.34. The molecule has 0 bridgehead atoms. The molecule has 3 heterocycles. The maximum atomic E-state index is 12.7. The summed E-state index contributed by atoms with van der Waals surface area (Å²) in [5.41, 5.74) is 3.32. The summed E-state index contributed by atoms with van der Waals surface area (Å²) in [5.74, 6) is -1.19. The normalized spacial score (nSPS) is 11.0. The van der Waals surface area contributed by atoms with Crippen LogP contribution in [0.5, 0.6) is 0 Å². The van der Waals surface area contributed by atoms with E-state index in [2.05, 4.69) is 21.1 Å². The second-order valence-corrected chi connectivity index (χ2v) is 7.52. The molecule has 0 atom stereocenters. The van der Waals surface area contributed by atoms with Crippen molar-refractivity contribution in [2.75, 3.05) is 5.32 Å². The van der Waals surface area contributed by atoms with E-state index in [1.165, 1.54) is 5.56 Å². The number of thiophene rings is 1. The van der Waals surface area contributed by atoms with Crippen LogP contribution in [0.2, 0.25) is 0 Å². The van der Waals surface area contributed by atoms with Crippen molar-refractivity contribution < 1.29 is 9.59 Å². The average Bonchev–Trinajstić information content (AvgIpc) is 3.36. The quantitative estimate of drug-likeness (QED) is 0.413. The molecule has 1 aromatic carbocycles. The number of nitrogens with zero attached hydrogens (tertiary/aromatic N) is 2. The molecule has 0 saturated heterocycles. The minimum atomic E-state index is -0.646. The second kappa shape index (κ2) is 6.86. The number of carbonyl (C=O) groups is 2. The third-order valence-corrected chi connectivity index (χ3v) is 5.57. The van der Waals surface area contributed by atoms with Crippen molar-refractivity contribution in [3.05, 3.63) is 70.2 Å². The van der Waals surface area contributed by atoms with Gasteiger partial charge in [-0.05, 0) is 53.0 Å². The number of aromatic nitrogens is 2. The first-order valence-corrected chi connectivity index (χ1v) is 9.71. The number of benzene rings is 1. The van der Waals surface area contributed by atoms with Gasteiger partial charge in [0.2, 0.25) is 0 Å². The summed E-state index contributed by atoms with van der Waals surface area (Å²) in [6.07, 6.45) is 1.77. The zero-order valence-electron chi connectivity index (χ0n) is 13.9. The number of aryl methyl sites for hydroxylation is 1. The Morgan fingerprint density at radius 2 is 2.08 bits per heavy atom. The minimum absolute atomic E-state index is 0.412. The number of hydrogen-bond donors (Lipinski definition) is 1.